The molecule has 0 aliphatic carbocycles. The van der Waals surface area contributed by atoms with Crippen LogP contribution in [0.3, 0.4) is 0 Å². The minimum Gasteiger partial charge on any atom is -0.214 e. The highest BCUT2D eigenvalue weighted by molar-refractivity contribution is 6.82. The minimum atomic E-state index is -2.57. The second-order valence-corrected chi connectivity index (χ2v) is 9.99. The van der Waals surface area contributed by atoms with Crippen LogP contribution in [0.5, 0.6) is 0 Å². The van der Waals surface area contributed by atoms with Crippen molar-refractivity contribution in [1.29, 1.82) is 0 Å². The Morgan fingerprint density at radius 1 is 0.882 bits per heavy atom. The molecule has 0 aromatic heterocycles. The third kappa shape index (κ3) is 5.52. The number of halogens is 4. The van der Waals surface area contributed by atoms with Gasteiger partial charge in [0.1, 0.15) is 19.4 Å². The van der Waals surface area contributed by atoms with Crippen LogP contribution in [0.1, 0.15) is 32.6 Å². The Morgan fingerprint density at radius 3 is 1.82 bits per heavy atom. The lowest BCUT2D eigenvalue weighted by molar-refractivity contribution is 0.454. The molecule has 0 saturated heterocycles. The molecule has 0 aromatic rings. The lowest BCUT2D eigenvalue weighted by Gasteiger charge is -2.13. The second kappa shape index (κ2) is 6.99. The van der Waals surface area contributed by atoms with Crippen molar-refractivity contribution in [2.75, 3.05) is 0 Å². The van der Waals surface area contributed by atoms with Crippen molar-refractivity contribution in [3.8, 4) is 0 Å². The largest absolute Gasteiger partial charge is 0.214 e. The van der Waals surface area contributed by atoms with Crippen LogP contribution in [0.25, 0.3) is 0 Å². The van der Waals surface area contributed by atoms with Crippen LogP contribution in [0.2, 0.25) is 19.6 Å². The molecule has 0 rings (SSSR count). The molecule has 0 fully saturated rings. The van der Waals surface area contributed by atoms with E-state index < -0.39 is 31.0 Å². The minimum absolute atomic E-state index is 0.175. The van der Waals surface area contributed by atoms with Gasteiger partial charge in [0.2, 0.25) is 0 Å². The highest BCUT2D eigenvalue weighted by atomic mass is 28.3. The predicted molar refractivity (Wildman–Crippen MR) is 66.0 cm³/mol. The Morgan fingerprint density at radius 2 is 1.41 bits per heavy atom. The van der Waals surface area contributed by atoms with Crippen molar-refractivity contribution in [2.24, 2.45) is 0 Å². The summed E-state index contributed by atoms with van der Waals surface area (Å²) in [5.41, 5.74) is -1.12. The second-order valence-electron chi connectivity index (χ2n) is 5.05. The normalized spacial score (nSPS) is 15.5. The molecule has 0 aliphatic heterocycles. The van der Waals surface area contributed by atoms with E-state index in [0.29, 0.717) is 6.42 Å². The first-order chi connectivity index (χ1) is 7.71. The SMILES string of the molecule is CCCCC/C(F)=C(F)/C(F)=C(\F)[Si](C)(C)C. The molecule has 0 spiro atoms. The maximum Gasteiger partial charge on any atom is 0.192 e. The molecular formula is C12H20F4Si. The van der Waals surface area contributed by atoms with Crippen molar-refractivity contribution < 1.29 is 17.6 Å². The molecule has 0 atom stereocenters. The number of unbranched alkanes of at least 4 members (excludes halogenated alkanes) is 2. The summed E-state index contributed by atoms with van der Waals surface area (Å²) in [5.74, 6) is -4.51. The first kappa shape index (κ1) is 16.4. The summed E-state index contributed by atoms with van der Waals surface area (Å²) in [4.78, 5) is 0. The van der Waals surface area contributed by atoms with E-state index >= 15 is 0 Å². The molecule has 0 aliphatic rings. The van der Waals surface area contributed by atoms with Gasteiger partial charge in [-0.1, -0.05) is 39.4 Å². The first-order valence-electron chi connectivity index (χ1n) is 5.82. The van der Waals surface area contributed by atoms with Gasteiger partial charge in [-0.15, -0.1) is 0 Å². The lowest BCUT2D eigenvalue weighted by Crippen LogP contribution is -2.22. The van der Waals surface area contributed by atoms with E-state index in [-0.39, 0.29) is 6.42 Å². The zero-order valence-electron chi connectivity index (χ0n) is 10.8. The average molecular weight is 268 g/mol. The van der Waals surface area contributed by atoms with Gasteiger partial charge in [-0.3, -0.25) is 0 Å². The Kier molecular flexibility index (Phi) is 6.75. The average Bonchev–Trinajstić information content (AvgIpc) is 2.25. The molecule has 0 bridgehead atoms. The molecule has 5 heteroatoms. The summed E-state index contributed by atoms with van der Waals surface area (Å²) in [6.07, 6.45) is 1.86. The van der Waals surface area contributed by atoms with Gasteiger partial charge in [0.15, 0.2) is 11.7 Å². The Balaban J connectivity index is 4.89. The number of rotatable bonds is 6. The summed E-state index contributed by atoms with van der Waals surface area (Å²) < 4.78 is 53.2. The summed E-state index contributed by atoms with van der Waals surface area (Å²) in [6.45, 7) is 6.52. The van der Waals surface area contributed by atoms with Gasteiger partial charge in [0, 0.05) is 6.42 Å². The molecule has 0 radical (unpaired) electrons. The fourth-order valence-corrected chi connectivity index (χ4v) is 1.95. The van der Waals surface area contributed by atoms with Crippen LogP contribution < -0.4 is 0 Å². The van der Waals surface area contributed by atoms with Gasteiger partial charge >= 0.3 is 0 Å². The van der Waals surface area contributed by atoms with Gasteiger partial charge in [0.25, 0.3) is 0 Å². The fraction of sp³-hybridized carbons (Fsp3) is 0.667. The highest BCUT2D eigenvalue weighted by Crippen LogP contribution is 2.30. The number of hydrogen-bond acceptors (Lipinski definition) is 0. The van der Waals surface area contributed by atoms with Crippen LogP contribution in [-0.2, 0) is 0 Å². The van der Waals surface area contributed by atoms with Crippen molar-refractivity contribution in [2.45, 2.75) is 52.2 Å². The van der Waals surface area contributed by atoms with Crippen molar-refractivity contribution in [3.05, 3.63) is 22.9 Å². The van der Waals surface area contributed by atoms with Gasteiger partial charge in [0.05, 0.1) is 0 Å². The first-order valence-corrected chi connectivity index (χ1v) is 9.32. The van der Waals surface area contributed by atoms with E-state index in [0.717, 1.165) is 12.8 Å². The molecule has 0 nitrogen and oxygen atoms in total. The Labute approximate surface area is 101 Å². The summed E-state index contributed by atoms with van der Waals surface area (Å²) >= 11 is 0. The molecule has 0 aromatic carbocycles. The van der Waals surface area contributed by atoms with Gasteiger partial charge in [-0.05, 0) is 6.42 Å². The van der Waals surface area contributed by atoms with E-state index in [4.69, 9.17) is 0 Å². The molecular weight excluding hydrogens is 248 g/mol. The molecule has 17 heavy (non-hydrogen) atoms. The Bertz CT molecular complexity index is 313. The molecule has 0 heterocycles. The Hall–Kier alpha value is -0.583. The van der Waals surface area contributed by atoms with Gasteiger partial charge in [-0.2, -0.15) is 0 Å². The zero-order valence-corrected chi connectivity index (χ0v) is 11.8. The van der Waals surface area contributed by atoms with Crippen LogP contribution in [0.4, 0.5) is 17.6 Å². The number of hydrogen-bond donors (Lipinski definition) is 0. The molecule has 100 valence electrons. The van der Waals surface area contributed by atoms with Crippen LogP contribution in [0.15, 0.2) is 22.9 Å². The smallest absolute Gasteiger partial charge is 0.192 e. The van der Waals surface area contributed by atoms with Gasteiger partial charge < -0.3 is 0 Å². The van der Waals surface area contributed by atoms with Gasteiger partial charge in [-0.25, -0.2) is 17.6 Å². The van der Waals surface area contributed by atoms with E-state index in [1.165, 1.54) is 19.6 Å². The maximum absolute atomic E-state index is 13.4. The third-order valence-corrected chi connectivity index (χ3v) is 3.82. The predicted octanol–water partition coefficient (Wildman–Crippen LogP) is 5.75. The fourth-order valence-electron chi connectivity index (χ4n) is 1.18. The summed E-state index contributed by atoms with van der Waals surface area (Å²) in [5, 5.41) is 0. The van der Waals surface area contributed by atoms with E-state index in [2.05, 4.69) is 0 Å². The zero-order chi connectivity index (χ0) is 13.6. The monoisotopic (exact) mass is 268 g/mol. The third-order valence-electron chi connectivity index (χ3n) is 2.28. The highest BCUT2D eigenvalue weighted by Gasteiger charge is 2.27. The quantitative estimate of drug-likeness (QED) is 0.249. The van der Waals surface area contributed by atoms with E-state index in [1.807, 2.05) is 6.92 Å². The van der Waals surface area contributed by atoms with Crippen molar-refractivity contribution in [1.82, 2.24) is 0 Å². The van der Waals surface area contributed by atoms with Crippen molar-refractivity contribution in [3.63, 3.8) is 0 Å². The molecule has 0 N–H and O–H groups in total. The summed E-state index contributed by atoms with van der Waals surface area (Å²) in [6, 6.07) is 0. The lowest BCUT2D eigenvalue weighted by atomic mass is 10.2. The standard InChI is InChI=1S/C12H20F4Si/c1-5-6-7-8-9(13)10(14)11(15)12(16)17(2,3)4/h5-8H2,1-4H3/b10-9+,12-11-. The van der Waals surface area contributed by atoms with Crippen molar-refractivity contribution >= 4 is 8.07 Å². The van der Waals surface area contributed by atoms with Crippen LogP contribution >= 0.6 is 0 Å². The van der Waals surface area contributed by atoms with Crippen LogP contribution in [0, 0.1) is 0 Å². The maximum atomic E-state index is 13.4. The van der Waals surface area contributed by atoms with Crippen LogP contribution in [-0.4, -0.2) is 8.07 Å². The molecule has 0 unspecified atom stereocenters. The summed E-state index contributed by atoms with van der Waals surface area (Å²) in [7, 11) is -2.57. The molecule has 0 saturated carbocycles. The van der Waals surface area contributed by atoms with E-state index in [9.17, 15) is 17.6 Å². The number of allylic oxidation sites excluding steroid dienone is 3. The topological polar surface area (TPSA) is 0 Å². The van der Waals surface area contributed by atoms with E-state index in [1.54, 1.807) is 0 Å². The molecule has 0 amide bonds.